The second kappa shape index (κ2) is 5.07. The molecule has 1 fully saturated rings. The van der Waals surface area contributed by atoms with E-state index in [9.17, 15) is 9.59 Å². The van der Waals surface area contributed by atoms with Crippen LogP contribution in [0.5, 0.6) is 0 Å². The molecule has 0 aliphatic heterocycles. The first-order valence-electron chi connectivity index (χ1n) is 4.75. The second-order valence-corrected chi connectivity index (χ2v) is 3.66. The fraction of sp³-hybridized carbons (Fsp3) is 0.800. The topological polar surface area (TPSA) is 34.1 Å². The van der Waals surface area contributed by atoms with Crippen LogP contribution in [0.2, 0.25) is 0 Å². The minimum absolute atomic E-state index is 0.303. The van der Waals surface area contributed by atoms with E-state index >= 15 is 0 Å². The summed E-state index contributed by atoms with van der Waals surface area (Å²) in [6, 6.07) is 0. The molecule has 1 aliphatic carbocycles. The Bertz CT molecular complexity index is 146. The Morgan fingerprint density at radius 1 is 1.08 bits per heavy atom. The standard InChI is InChI=1S/C10H16O2/c11-7-1-2-9-3-5-10(8-12)6-4-9/h7-10H,1-6H2. The molecule has 0 spiro atoms. The third-order valence-corrected chi connectivity index (χ3v) is 2.78. The largest absolute Gasteiger partial charge is 0.303 e. The normalized spacial score (nSPS) is 29.7. The highest BCUT2D eigenvalue weighted by Crippen LogP contribution is 2.29. The quantitative estimate of drug-likeness (QED) is 0.601. The summed E-state index contributed by atoms with van der Waals surface area (Å²) < 4.78 is 0. The number of hydrogen-bond acceptors (Lipinski definition) is 2. The number of aldehydes is 2. The second-order valence-electron chi connectivity index (χ2n) is 3.66. The van der Waals surface area contributed by atoms with Gasteiger partial charge in [-0.2, -0.15) is 0 Å². The van der Waals surface area contributed by atoms with Crippen molar-refractivity contribution in [3.8, 4) is 0 Å². The summed E-state index contributed by atoms with van der Waals surface area (Å²) >= 11 is 0. The van der Waals surface area contributed by atoms with E-state index in [1.54, 1.807) is 0 Å². The van der Waals surface area contributed by atoms with Crippen LogP contribution in [0.15, 0.2) is 0 Å². The van der Waals surface area contributed by atoms with Gasteiger partial charge in [-0.3, -0.25) is 0 Å². The lowest BCUT2D eigenvalue weighted by molar-refractivity contribution is -0.112. The molecule has 0 unspecified atom stereocenters. The van der Waals surface area contributed by atoms with Gasteiger partial charge in [-0.25, -0.2) is 0 Å². The highest BCUT2D eigenvalue weighted by Gasteiger charge is 2.19. The molecule has 0 aromatic rings. The molecule has 1 aliphatic rings. The maximum absolute atomic E-state index is 10.4. The molecule has 12 heavy (non-hydrogen) atoms. The van der Waals surface area contributed by atoms with Gasteiger partial charge in [-0.1, -0.05) is 0 Å². The van der Waals surface area contributed by atoms with Crippen molar-refractivity contribution in [3.63, 3.8) is 0 Å². The summed E-state index contributed by atoms with van der Waals surface area (Å²) in [6.07, 6.45) is 8.13. The van der Waals surface area contributed by atoms with E-state index in [4.69, 9.17) is 0 Å². The van der Waals surface area contributed by atoms with Crippen molar-refractivity contribution in [3.05, 3.63) is 0 Å². The van der Waals surface area contributed by atoms with E-state index < -0.39 is 0 Å². The van der Waals surface area contributed by atoms with Crippen molar-refractivity contribution in [2.75, 3.05) is 0 Å². The number of carbonyl (C=O) groups is 2. The maximum Gasteiger partial charge on any atom is 0.123 e. The van der Waals surface area contributed by atoms with Crippen LogP contribution < -0.4 is 0 Å². The lowest BCUT2D eigenvalue weighted by Gasteiger charge is -2.24. The number of carbonyl (C=O) groups excluding carboxylic acids is 2. The van der Waals surface area contributed by atoms with Gasteiger partial charge in [0.05, 0.1) is 0 Å². The first kappa shape index (κ1) is 9.43. The van der Waals surface area contributed by atoms with Crippen LogP contribution in [0.3, 0.4) is 0 Å². The molecular formula is C10H16O2. The smallest absolute Gasteiger partial charge is 0.123 e. The van der Waals surface area contributed by atoms with Crippen LogP contribution in [0.1, 0.15) is 38.5 Å². The minimum Gasteiger partial charge on any atom is -0.303 e. The predicted molar refractivity (Wildman–Crippen MR) is 46.8 cm³/mol. The third kappa shape index (κ3) is 2.76. The molecule has 0 amide bonds. The Labute approximate surface area is 73.3 Å². The van der Waals surface area contributed by atoms with Crippen LogP contribution in [0.4, 0.5) is 0 Å². The monoisotopic (exact) mass is 168 g/mol. The SMILES string of the molecule is O=CCCC1CCC(C=O)CC1. The highest BCUT2D eigenvalue weighted by molar-refractivity contribution is 5.53. The van der Waals surface area contributed by atoms with E-state index in [0.717, 1.165) is 44.7 Å². The lowest BCUT2D eigenvalue weighted by Crippen LogP contribution is -2.15. The summed E-state index contributed by atoms with van der Waals surface area (Å²) in [5.74, 6) is 1.00. The molecule has 68 valence electrons. The van der Waals surface area contributed by atoms with Gasteiger partial charge in [0.25, 0.3) is 0 Å². The van der Waals surface area contributed by atoms with E-state index in [1.807, 2.05) is 0 Å². The Balaban J connectivity index is 2.16. The average Bonchev–Trinajstić information content (AvgIpc) is 2.15. The van der Waals surface area contributed by atoms with Crippen molar-refractivity contribution in [1.29, 1.82) is 0 Å². The molecule has 1 rings (SSSR count). The van der Waals surface area contributed by atoms with Gasteiger partial charge in [-0.05, 0) is 38.0 Å². The molecule has 1 saturated carbocycles. The van der Waals surface area contributed by atoms with Crippen LogP contribution in [0.25, 0.3) is 0 Å². The van der Waals surface area contributed by atoms with Crippen molar-refractivity contribution in [2.45, 2.75) is 38.5 Å². The molecule has 0 heterocycles. The van der Waals surface area contributed by atoms with Gasteiger partial charge in [0.2, 0.25) is 0 Å². The third-order valence-electron chi connectivity index (χ3n) is 2.78. The van der Waals surface area contributed by atoms with E-state index in [1.165, 1.54) is 0 Å². The Morgan fingerprint density at radius 3 is 2.25 bits per heavy atom. The molecule has 0 bridgehead atoms. The van der Waals surface area contributed by atoms with Crippen LogP contribution in [0, 0.1) is 11.8 Å². The van der Waals surface area contributed by atoms with Gasteiger partial charge >= 0.3 is 0 Å². The molecule has 2 nitrogen and oxygen atoms in total. The first-order valence-corrected chi connectivity index (χ1v) is 4.75. The molecule has 2 heteroatoms. The zero-order chi connectivity index (χ0) is 8.81. The van der Waals surface area contributed by atoms with Crippen molar-refractivity contribution >= 4 is 12.6 Å². The summed E-state index contributed by atoms with van der Waals surface area (Å²) in [6.45, 7) is 0. The van der Waals surface area contributed by atoms with Crippen molar-refractivity contribution < 1.29 is 9.59 Å². The molecular weight excluding hydrogens is 152 g/mol. The zero-order valence-electron chi connectivity index (χ0n) is 7.37. The van der Waals surface area contributed by atoms with Gasteiger partial charge < -0.3 is 9.59 Å². The molecule has 0 atom stereocenters. The van der Waals surface area contributed by atoms with Crippen LogP contribution in [-0.4, -0.2) is 12.6 Å². The van der Waals surface area contributed by atoms with Crippen LogP contribution in [-0.2, 0) is 9.59 Å². The fourth-order valence-corrected chi connectivity index (χ4v) is 1.92. The lowest BCUT2D eigenvalue weighted by atomic mass is 9.81. The molecule has 0 aromatic heterocycles. The fourth-order valence-electron chi connectivity index (χ4n) is 1.92. The minimum atomic E-state index is 0.303. The van der Waals surface area contributed by atoms with E-state index in [2.05, 4.69) is 0 Å². The molecule has 0 aromatic carbocycles. The first-order chi connectivity index (χ1) is 5.86. The van der Waals surface area contributed by atoms with Crippen molar-refractivity contribution in [1.82, 2.24) is 0 Å². The zero-order valence-corrected chi connectivity index (χ0v) is 7.37. The van der Waals surface area contributed by atoms with Crippen LogP contribution >= 0.6 is 0 Å². The summed E-state index contributed by atoms with van der Waals surface area (Å²) in [5, 5.41) is 0. The number of rotatable bonds is 4. The number of hydrogen-bond donors (Lipinski definition) is 0. The highest BCUT2D eigenvalue weighted by atomic mass is 16.1. The maximum atomic E-state index is 10.4. The van der Waals surface area contributed by atoms with Gasteiger partial charge in [0.15, 0.2) is 0 Å². The summed E-state index contributed by atoms with van der Waals surface area (Å²) in [5.41, 5.74) is 0. The van der Waals surface area contributed by atoms with Gasteiger partial charge in [-0.15, -0.1) is 0 Å². The van der Waals surface area contributed by atoms with Gasteiger partial charge in [0.1, 0.15) is 12.6 Å². The molecule has 0 saturated heterocycles. The van der Waals surface area contributed by atoms with Gasteiger partial charge in [0, 0.05) is 12.3 Å². The molecule has 0 N–H and O–H groups in total. The average molecular weight is 168 g/mol. The van der Waals surface area contributed by atoms with E-state index in [-0.39, 0.29) is 0 Å². The Kier molecular flexibility index (Phi) is 3.98. The predicted octanol–water partition coefficient (Wildman–Crippen LogP) is 1.97. The van der Waals surface area contributed by atoms with Crippen molar-refractivity contribution in [2.24, 2.45) is 11.8 Å². The Morgan fingerprint density at radius 2 is 1.75 bits per heavy atom. The van der Waals surface area contributed by atoms with E-state index in [0.29, 0.717) is 18.3 Å². The molecule has 0 radical (unpaired) electrons. The summed E-state index contributed by atoms with van der Waals surface area (Å²) in [7, 11) is 0. The summed E-state index contributed by atoms with van der Waals surface area (Å²) in [4.78, 5) is 20.5. The Hall–Kier alpha value is -0.660.